The SMILES string of the molecule is C=C1C[C@@H](S(=O)(=O)CC)C[C@]1(CN)CO. The van der Waals surface area contributed by atoms with Crippen LogP contribution in [0.1, 0.15) is 19.8 Å². The second-order valence-corrected chi connectivity index (χ2v) is 6.80. The summed E-state index contributed by atoms with van der Waals surface area (Å²) >= 11 is 0. The molecule has 88 valence electrons. The van der Waals surface area contributed by atoms with Gasteiger partial charge < -0.3 is 10.8 Å². The molecule has 15 heavy (non-hydrogen) atoms. The summed E-state index contributed by atoms with van der Waals surface area (Å²) in [5.41, 5.74) is 5.80. The van der Waals surface area contributed by atoms with Crippen molar-refractivity contribution >= 4 is 9.84 Å². The number of sulfone groups is 1. The van der Waals surface area contributed by atoms with Crippen molar-refractivity contribution in [1.29, 1.82) is 0 Å². The fourth-order valence-corrected chi connectivity index (χ4v) is 3.60. The number of nitrogens with two attached hydrogens (primary N) is 1. The van der Waals surface area contributed by atoms with E-state index in [0.29, 0.717) is 12.8 Å². The van der Waals surface area contributed by atoms with Crippen LogP contribution < -0.4 is 5.73 Å². The zero-order valence-electron chi connectivity index (χ0n) is 9.07. The Labute approximate surface area is 91.1 Å². The molecule has 1 fully saturated rings. The highest BCUT2D eigenvalue weighted by atomic mass is 32.2. The molecule has 1 aliphatic rings. The third-order valence-electron chi connectivity index (χ3n) is 3.45. The molecule has 1 aliphatic carbocycles. The van der Waals surface area contributed by atoms with Crippen molar-refractivity contribution in [3.8, 4) is 0 Å². The Morgan fingerprint density at radius 2 is 2.27 bits per heavy atom. The lowest BCUT2D eigenvalue weighted by atomic mass is 9.84. The largest absolute Gasteiger partial charge is 0.395 e. The van der Waals surface area contributed by atoms with E-state index in [1.165, 1.54) is 0 Å². The number of rotatable bonds is 4. The van der Waals surface area contributed by atoms with Gasteiger partial charge in [-0.15, -0.1) is 0 Å². The summed E-state index contributed by atoms with van der Waals surface area (Å²) < 4.78 is 23.4. The molecule has 0 bridgehead atoms. The lowest BCUT2D eigenvalue weighted by Crippen LogP contribution is -2.34. The molecule has 0 unspecified atom stereocenters. The molecular weight excluding hydrogens is 214 g/mol. The third-order valence-corrected chi connectivity index (χ3v) is 5.60. The van der Waals surface area contributed by atoms with Gasteiger partial charge >= 0.3 is 0 Å². The molecule has 0 radical (unpaired) electrons. The van der Waals surface area contributed by atoms with Crippen molar-refractivity contribution in [2.75, 3.05) is 18.9 Å². The predicted molar refractivity (Wildman–Crippen MR) is 60.2 cm³/mol. The second kappa shape index (κ2) is 4.23. The Kier molecular flexibility index (Phi) is 3.58. The third kappa shape index (κ3) is 2.09. The maximum Gasteiger partial charge on any atom is 0.153 e. The van der Waals surface area contributed by atoms with Crippen molar-refractivity contribution in [3.05, 3.63) is 12.2 Å². The molecule has 5 heteroatoms. The molecule has 0 aliphatic heterocycles. The van der Waals surface area contributed by atoms with Gasteiger partial charge in [0, 0.05) is 17.7 Å². The van der Waals surface area contributed by atoms with Crippen LogP contribution in [0.2, 0.25) is 0 Å². The molecule has 0 spiro atoms. The molecule has 0 saturated heterocycles. The smallest absolute Gasteiger partial charge is 0.153 e. The van der Waals surface area contributed by atoms with Gasteiger partial charge in [-0.05, 0) is 12.8 Å². The van der Waals surface area contributed by atoms with E-state index >= 15 is 0 Å². The first-order chi connectivity index (χ1) is 6.91. The van der Waals surface area contributed by atoms with Crippen molar-refractivity contribution in [3.63, 3.8) is 0 Å². The van der Waals surface area contributed by atoms with Gasteiger partial charge in [0.15, 0.2) is 9.84 Å². The van der Waals surface area contributed by atoms with Crippen LogP contribution in [-0.4, -0.2) is 37.7 Å². The van der Waals surface area contributed by atoms with Gasteiger partial charge in [-0.25, -0.2) is 8.42 Å². The quantitative estimate of drug-likeness (QED) is 0.674. The standard InChI is InChI=1S/C10H19NO3S/c1-3-15(13,14)9-4-8(2)10(5-9,6-11)7-12/h9,12H,2-7,11H2,1H3/t9-,10+/m1/s1. The number of aliphatic hydroxyl groups is 1. The highest BCUT2D eigenvalue weighted by Crippen LogP contribution is 2.43. The van der Waals surface area contributed by atoms with Crippen LogP contribution >= 0.6 is 0 Å². The topological polar surface area (TPSA) is 80.4 Å². The normalized spacial score (nSPS) is 32.2. The summed E-state index contributed by atoms with van der Waals surface area (Å²) in [6.45, 7) is 5.63. The molecule has 0 aromatic carbocycles. The van der Waals surface area contributed by atoms with E-state index in [4.69, 9.17) is 5.73 Å². The van der Waals surface area contributed by atoms with E-state index in [1.807, 2.05) is 0 Å². The summed E-state index contributed by atoms with van der Waals surface area (Å²) in [6, 6.07) is 0. The van der Waals surface area contributed by atoms with E-state index in [1.54, 1.807) is 6.92 Å². The Bertz CT molecular complexity index is 344. The first kappa shape index (κ1) is 12.7. The van der Waals surface area contributed by atoms with Crippen LogP contribution in [0, 0.1) is 5.41 Å². The van der Waals surface area contributed by atoms with E-state index < -0.39 is 20.5 Å². The van der Waals surface area contributed by atoms with Crippen LogP contribution in [0.3, 0.4) is 0 Å². The Morgan fingerprint density at radius 1 is 1.67 bits per heavy atom. The van der Waals surface area contributed by atoms with Gasteiger partial charge in [0.05, 0.1) is 11.9 Å². The van der Waals surface area contributed by atoms with Gasteiger partial charge in [0.1, 0.15) is 0 Å². The van der Waals surface area contributed by atoms with Crippen LogP contribution in [-0.2, 0) is 9.84 Å². The molecule has 1 rings (SSSR count). The lowest BCUT2D eigenvalue weighted by molar-refractivity contribution is 0.170. The fraction of sp³-hybridized carbons (Fsp3) is 0.800. The summed E-state index contributed by atoms with van der Waals surface area (Å²) in [7, 11) is -3.05. The summed E-state index contributed by atoms with van der Waals surface area (Å²) in [6.07, 6.45) is 0.850. The Morgan fingerprint density at radius 3 is 2.60 bits per heavy atom. The van der Waals surface area contributed by atoms with Crippen LogP contribution in [0.15, 0.2) is 12.2 Å². The Balaban J connectivity index is 2.94. The summed E-state index contributed by atoms with van der Waals surface area (Å²) in [5, 5.41) is 8.90. The number of hydrogen-bond donors (Lipinski definition) is 2. The average Bonchev–Trinajstić information content (AvgIpc) is 2.57. The minimum atomic E-state index is -3.05. The van der Waals surface area contributed by atoms with E-state index in [0.717, 1.165) is 5.57 Å². The zero-order valence-corrected chi connectivity index (χ0v) is 9.89. The minimum Gasteiger partial charge on any atom is -0.395 e. The van der Waals surface area contributed by atoms with Gasteiger partial charge in [0.2, 0.25) is 0 Å². The fourth-order valence-electron chi connectivity index (χ4n) is 2.10. The van der Waals surface area contributed by atoms with E-state index in [-0.39, 0.29) is 18.9 Å². The van der Waals surface area contributed by atoms with Crippen LogP contribution in [0.5, 0.6) is 0 Å². The lowest BCUT2D eigenvalue weighted by Gasteiger charge is -2.26. The van der Waals surface area contributed by atoms with Gasteiger partial charge in [0.25, 0.3) is 0 Å². The van der Waals surface area contributed by atoms with Gasteiger partial charge in [-0.3, -0.25) is 0 Å². The maximum atomic E-state index is 11.7. The van der Waals surface area contributed by atoms with E-state index in [2.05, 4.69) is 6.58 Å². The van der Waals surface area contributed by atoms with Crippen molar-refractivity contribution in [2.24, 2.45) is 11.1 Å². The monoisotopic (exact) mass is 233 g/mol. The second-order valence-electron chi connectivity index (χ2n) is 4.23. The molecule has 2 atom stereocenters. The maximum absolute atomic E-state index is 11.7. The van der Waals surface area contributed by atoms with Crippen molar-refractivity contribution < 1.29 is 13.5 Å². The van der Waals surface area contributed by atoms with Crippen molar-refractivity contribution in [2.45, 2.75) is 25.0 Å². The number of hydrogen-bond acceptors (Lipinski definition) is 4. The molecule has 3 N–H and O–H groups in total. The summed E-state index contributed by atoms with van der Waals surface area (Å²) in [5.74, 6) is 0.136. The molecule has 4 nitrogen and oxygen atoms in total. The first-order valence-electron chi connectivity index (χ1n) is 5.12. The Hall–Kier alpha value is -0.390. The highest BCUT2D eigenvalue weighted by molar-refractivity contribution is 7.92. The molecule has 0 aromatic heterocycles. The van der Waals surface area contributed by atoms with Gasteiger partial charge in [-0.1, -0.05) is 19.1 Å². The van der Waals surface area contributed by atoms with E-state index in [9.17, 15) is 13.5 Å². The van der Waals surface area contributed by atoms with Crippen LogP contribution in [0.4, 0.5) is 0 Å². The average molecular weight is 233 g/mol. The summed E-state index contributed by atoms with van der Waals surface area (Å²) in [4.78, 5) is 0. The molecule has 0 aromatic rings. The predicted octanol–water partition coefficient (Wildman–Crippen LogP) is 0.0771. The highest BCUT2D eigenvalue weighted by Gasteiger charge is 2.45. The molecule has 1 saturated carbocycles. The first-order valence-corrected chi connectivity index (χ1v) is 6.84. The van der Waals surface area contributed by atoms with Crippen molar-refractivity contribution in [1.82, 2.24) is 0 Å². The minimum absolute atomic E-state index is 0.113. The van der Waals surface area contributed by atoms with Crippen LogP contribution in [0.25, 0.3) is 0 Å². The molecular formula is C10H19NO3S. The number of aliphatic hydroxyl groups excluding tert-OH is 1. The van der Waals surface area contributed by atoms with Gasteiger partial charge in [-0.2, -0.15) is 0 Å². The zero-order chi connectivity index (χ0) is 11.7. The molecule has 0 heterocycles. The molecule has 0 amide bonds.